The molecule has 1 aliphatic carbocycles. The Bertz CT molecular complexity index is 519. The quantitative estimate of drug-likeness (QED) is 0.833. The average Bonchev–Trinajstić information content (AvgIpc) is 2.39. The number of nitrogens with one attached hydrogen (secondary N) is 2. The van der Waals surface area contributed by atoms with Crippen LogP contribution in [0, 0.1) is 0 Å². The first-order valence-electron chi connectivity index (χ1n) is 7.57. The lowest BCUT2D eigenvalue weighted by molar-refractivity contribution is 0.0488. The molecule has 122 valence electrons. The third kappa shape index (κ3) is 5.33. The number of hydrogen-bond acceptors (Lipinski definition) is 5. The molecule has 0 saturated heterocycles. The Balaban J connectivity index is 1.97. The van der Waals surface area contributed by atoms with E-state index in [4.69, 9.17) is 16.3 Å². The third-order valence-electron chi connectivity index (χ3n) is 3.44. The van der Waals surface area contributed by atoms with Crippen LogP contribution >= 0.6 is 11.6 Å². The predicted molar refractivity (Wildman–Crippen MR) is 86.1 cm³/mol. The summed E-state index contributed by atoms with van der Waals surface area (Å²) in [5.74, 6) is 0.669. The summed E-state index contributed by atoms with van der Waals surface area (Å²) in [7, 11) is 0. The van der Waals surface area contributed by atoms with Gasteiger partial charge in [0.25, 0.3) is 0 Å². The number of hydrogen-bond donors (Lipinski definition) is 2. The maximum absolute atomic E-state index is 12.0. The zero-order chi connectivity index (χ0) is 16.2. The number of ether oxygens (including phenoxy) is 1. The zero-order valence-corrected chi connectivity index (χ0v) is 14.0. The van der Waals surface area contributed by atoms with Gasteiger partial charge in [0.2, 0.25) is 0 Å². The Kier molecular flexibility index (Phi) is 5.45. The van der Waals surface area contributed by atoms with Crippen LogP contribution in [0.1, 0.15) is 46.5 Å². The van der Waals surface area contributed by atoms with Gasteiger partial charge in [0, 0.05) is 12.1 Å². The molecular weight excluding hydrogens is 304 g/mol. The standard InChI is InChI=1S/C15H23ClN4O2/c1-15(2,3)22-14(21)20-11-7-5-4-6-10(11)19-13-8-12(16)17-9-18-13/h8-11H,4-7H2,1-3H3,(H,20,21)(H,17,18,19)/t10-,11+/m0/s1. The molecule has 0 radical (unpaired) electrons. The SMILES string of the molecule is CC(C)(C)OC(=O)N[C@@H]1CCCC[C@@H]1Nc1cc(Cl)ncn1. The molecule has 22 heavy (non-hydrogen) atoms. The van der Waals surface area contributed by atoms with E-state index in [9.17, 15) is 4.79 Å². The van der Waals surface area contributed by atoms with E-state index in [0.29, 0.717) is 11.0 Å². The summed E-state index contributed by atoms with van der Waals surface area (Å²) in [6.07, 6.45) is 5.11. The second-order valence-electron chi connectivity index (χ2n) is 6.51. The summed E-state index contributed by atoms with van der Waals surface area (Å²) in [6.45, 7) is 5.56. The summed E-state index contributed by atoms with van der Waals surface area (Å²) < 4.78 is 5.33. The molecule has 1 aromatic heterocycles. The van der Waals surface area contributed by atoms with Crippen molar-refractivity contribution in [3.05, 3.63) is 17.5 Å². The molecule has 1 heterocycles. The van der Waals surface area contributed by atoms with Crippen molar-refractivity contribution in [1.29, 1.82) is 0 Å². The van der Waals surface area contributed by atoms with Crippen molar-refractivity contribution in [2.75, 3.05) is 5.32 Å². The van der Waals surface area contributed by atoms with Crippen molar-refractivity contribution in [3.8, 4) is 0 Å². The van der Waals surface area contributed by atoms with Gasteiger partial charge in [-0.05, 0) is 33.6 Å². The lowest BCUT2D eigenvalue weighted by Gasteiger charge is -2.33. The Morgan fingerprint density at radius 3 is 2.59 bits per heavy atom. The fourth-order valence-corrected chi connectivity index (χ4v) is 2.68. The highest BCUT2D eigenvalue weighted by Crippen LogP contribution is 2.22. The average molecular weight is 327 g/mol. The van der Waals surface area contributed by atoms with Crippen LogP contribution in [-0.4, -0.2) is 33.7 Å². The van der Waals surface area contributed by atoms with Crippen LogP contribution in [0.5, 0.6) is 0 Å². The van der Waals surface area contributed by atoms with Crippen molar-refractivity contribution in [1.82, 2.24) is 15.3 Å². The topological polar surface area (TPSA) is 76.1 Å². The third-order valence-corrected chi connectivity index (χ3v) is 3.64. The second kappa shape index (κ2) is 7.13. The van der Waals surface area contributed by atoms with Crippen LogP contribution in [0.4, 0.5) is 10.6 Å². The van der Waals surface area contributed by atoms with Gasteiger partial charge in [-0.15, -0.1) is 0 Å². The zero-order valence-electron chi connectivity index (χ0n) is 13.2. The summed E-state index contributed by atoms with van der Waals surface area (Å²) in [5.41, 5.74) is -0.498. The number of rotatable bonds is 3. The molecule has 0 aliphatic heterocycles. The molecule has 2 rings (SSSR count). The predicted octanol–water partition coefficient (Wildman–Crippen LogP) is 3.38. The number of amides is 1. The molecule has 2 atom stereocenters. The van der Waals surface area contributed by atoms with E-state index < -0.39 is 5.60 Å². The van der Waals surface area contributed by atoms with E-state index in [2.05, 4.69) is 20.6 Å². The van der Waals surface area contributed by atoms with Crippen LogP contribution in [0.3, 0.4) is 0 Å². The first-order valence-corrected chi connectivity index (χ1v) is 7.95. The summed E-state index contributed by atoms with van der Waals surface area (Å²) >= 11 is 5.88. The number of nitrogens with zero attached hydrogens (tertiary/aromatic N) is 2. The monoisotopic (exact) mass is 326 g/mol. The maximum Gasteiger partial charge on any atom is 0.407 e. The molecule has 0 aromatic carbocycles. The lowest BCUT2D eigenvalue weighted by Crippen LogP contribution is -2.49. The molecule has 1 amide bonds. The molecule has 1 aliphatic rings. The van der Waals surface area contributed by atoms with E-state index in [-0.39, 0.29) is 18.2 Å². The van der Waals surface area contributed by atoms with Crippen molar-refractivity contribution < 1.29 is 9.53 Å². The molecule has 2 N–H and O–H groups in total. The van der Waals surface area contributed by atoms with E-state index in [1.54, 1.807) is 6.07 Å². The first-order chi connectivity index (χ1) is 10.3. The minimum Gasteiger partial charge on any atom is -0.444 e. The van der Waals surface area contributed by atoms with Gasteiger partial charge in [0.15, 0.2) is 0 Å². The molecule has 0 unspecified atom stereocenters. The molecular formula is C15H23ClN4O2. The van der Waals surface area contributed by atoms with Crippen molar-refractivity contribution in [2.45, 2.75) is 64.1 Å². The fraction of sp³-hybridized carbons (Fsp3) is 0.667. The van der Waals surface area contributed by atoms with Crippen LogP contribution in [0.25, 0.3) is 0 Å². The molecule has 6 nitrogen and oxygen atoms in total. The Hall–Kier alpha value is -1.56. The van der Waals surface area contributed by atoms with Gasteiger partial charge in [0.1, 0.15) is 22.9 Å². The number of carbonyl (C=O) groups excluding carboxylic acids is 1. The van der Waals surface area contributed by atoms with Crippen LogP contribution in [0.15, 0.2) is 12.4 Å². The Morgan fingerprint density at radius 1 is 1.27 bits per heavy atom. The van der Waals surface area contributed by atoms with Crippen molar-refractivity contribution in [2.24, 2.45) is 0 Å². The van der Waals surface area contributed by atoms with Crippen LogP contribution < -0.4 is 10.6 Å². The number of anilines is 1. The highest BCUT2D eigenvalue weighted by Gasteiger charge is 2.28. The summed E-state index contributed by atoms with van der Waals surface area (Å²) in [5, 5.41) is 6.69. The number of aromatic nitrogens is 2. The molecule has 0 bridgehead atoms. The van der Waals surface area contributed by atoms with Gasteiger partial charge < -0.3 is 15.4 Å². The highest BCUT2D eigenvalue weighted by atomic mass is 35.5. The van der Waals surface area contributed by atoms with E-state index >= 15 is 0 Å². The fourth-order valence-electron chi connectivity index (χ4n) is 2.54. The van der Waals surface area contributed by atoms with Crippen molar-refractivity contribution >= 4 is 23.5 Å². The second-order valence-corrected chi connectivity index (χ2v) is 6.90. The molecule has 1 fully saturated rings. The van der Waals surface area contributed by atoms with Crippen LogP contribution in [0.2, 0.25) is 5.15 Å². The number of halogens is 1. The van der Waals surface area contributed by atoms with Gasteiger partial charge in [-0.3, -0.25) is 0 Å². The molecule has 1 aromatic rings. The Labute approximate surface area is 136 Å². The smallest absolute Gasteiger partial charge is 0.407 e. The first kappa shape index (κ1) is 16.8. The normalized spacial score (nSPS) is 22.0. The van der Waals surface area contributed by atoms with Gasteiger partial charge in [-0.2, -0.15) is 0 Å². The van der Waals surface area contributed by atoms with Crippen molar-refractivity contribution in [3.63, 3.8) is 0 Å². The van der Waals surface area contributed by atoms with E-state index in [1.807, 2.05) is 20.8 Å². The largest absolute Gasteiger partial charge is 0.444 e. The molecule has 0 spiro atoms. The van der Waals surface area contributed by atoms with Gasteiger partial charge in [-0.25, -0.2) is 14.8 Å². The summed E-state index contributed by atoms with van der Waals surface area (Å²) in [6, 6.07) is 1.80. The van der Waals surface area contributed by atoms with Crippen LogP contribution in [-0.2, 0) is 4.74 Å². The Morgan fingerprint density at radius 2 is 1.95 bits per heavy atom. The van der Waals surface area contributed by atoms with Gasteiger partial charge in [-0.1, -0.05) is 24.4 Å². The minimum atomic E-state index is -0.498. The summed E-state index contributed by atoms with van der Waals surface area (Å²) in [4.78, 5) is 20.0. The van der Waals surface area contributed by atoms with Gasteiger partial charge in [0.05, 0.1) is 6.04 Å². The van der Waals surface area contributed by atoms with Gasteiger partial charge >= 0.3 is 6.09 Å². The molecule has 7 heteroatoms. The lowest BCUT2D eigenvalue weighted by atomic mass is 9.90. The number of carbonyl (C=O) groups is 1. The van der Waals surface area contributed by atoms with E-state index in [1.165, 1.54) is 6.33 Å². The minimum absolute atomic E-state index is 0.0114. The number of alkyl carbamates (subject to hydrolysis) is 1. The molecule has 1 saturated carbocycles. The van der Waals surface area contributed by atoms with E-state index in [0.717, 1.165) is 25.7 Å². The maximum atomic E-state index is 12.0. The highest BCUT2D eigenvalue weighted by molar-refractivity contribution is 6.29.